The fourth-order valence-corrected chi connectivity index (χ4v) is 2.34. The molecule has 0 saturated heterocycles. The fourth-order valence-electron chi connectivity index (χ4n) is 2.34. The van der Waals surface area contributed by atoms with Crippen LogP contribution < -0.4 is 10.6 Å². The summed E-state index contributed by atoms with van der Waals surface area (Å²) >= 11 is 0. The van der Waals surface area contributed by atoms with E-state index in [0.29, 0.717) is 18.7 Å². The highest BCUT2D eigenvalue weighted by atomic mass is 16.2. The van der Waals surface area contributed by atoms with Gasteiger partial charge in [0.05, 0.1) is 11.1 Å². The Morgan fingerprint density at radius 3 is 2.38 bits per heavy atom. The molecular formula is C19H25N3O2. The van der Waals surface area contributed by atoms with Crippen LogP contribution in [-0.4, -0.2) is 29.9 Å². The van der Waals surface area contributed by atoms with E-state index in [9.17, 15) is 9.59 Å². The van der Waals surface area contributed by atoms with Gasteiger partial charge in [0.15, 0.2) is 0 Å². The third-order valence-corrected chi connectivity index (χ3v) is 3.81. The molecule has 0 radical (unpaired) electrons. The van der Waals surface area contributed by atoms with Gasteiger partial charge in [-0.2, -0.15) is 0 Å². The summed E-state index contributed by atoms with van der Waals surface area (Å²) < 4.78 is 0. The van der Waals surface area contributed by atoms with Crippen LogP contribution in [0.15, 0.2) is 30.3 Å². The number of benzene rings is 1. The first kappa shape index (κ1) is 17.9. The van der Waals surface area contributed by atoms with E-state index in [1.165, 1.54) is 0 Å². The summed E-state index contributed by atoms with van der Waals surface area (Å²) in [6, 6.07) is 9.50. The smallest absolute Gasteiger partial charge is 0.252 e. The van der Waals surface area contributed by atoms with Gasteiger partial charge in [-0.25, -0.2) is 0 Å². The number of hydrogen-bond donors (Lipinski definition) is 2. The second-order valence-electron chi connectivity index (χ2n) is 6.47. The minimum Gasteiger partial charge on any atom is -0.354 e. The maximum absolute atomic E-state index is 12.6. The molecule has 1 heterocycles. The first-order valence-corrected chi connectivity index (χ1v) is 8.35. The lowest BCUT2D eigenvalue weighted by atomic mass is 10.0. The van der Waals surface area contributed by atoms with Gasteiger partial charge in [0.1, 0.15) is 0 Å². The minimum atomic E-state index is -0.144. The van der Waals surface area contributed by atoms with Crippen molar-refractivity contribution in [2.75, 3.05) is 13.1 Å². The molecule has 0 aliphatic rings. The van der Waals surface area contributed by atoms with Crippen molar-refractivity contribution in [1.82, 2.24) is 15.6 Å². The number of amides is 2. The Hall–Kier alpha value is -2.43. The predicted molar refractivity (Wildman–Crippen MR) is 96.0 cm³/mol. The first-order chi connectivity index (χ1) is 11.4. The zero-order valence-electron chi connectivity index (χ0n) is 14.7. The van der Waals surface area contributed by atoms with Gasteiger partial charge in [-0.3, -0.25) is 14.6 Å². The van der Waals surface area contributed by atoms with Crippen LogP contribution in [-0.2, 0) is 4.79 Å². The molecule has 2 N–H and O–H groups in total. The molecule has 0 aliphatic heterocycles. The monoisotopic (exact) mass is 327 g/mol. The van der Waals surface area contributed by atoms with Crippen molar-refractivity contribution >= 4 is 22.7 Å². The lowest BCUT2D eigenvalue weighted by Gasteiger charge is -2.12. The summed E-state index contributed by atoms with van der Waals surface area (Å²) in [5.74, 6) is 0.0277. The third kappa shape index (κ3) is 4.31. The van der Waals surface area contributed by atoms with E-state index >= 15 is 0 Å². The van der Waals surface area contributed by atoms with Crippen LogP contribution in [0.2, 0.25) is 0 Å². The Morgan fingerprint density at radius 2 is 1.71 bits per heavy atom. The molecule has 2 rings (SSSR count). The maximum Gasteiger partial charge on any atom is 0.252 e. The normalized spacial score (nSPS) is 11.1. The van der Waals surface area contributed by atoms with Crippen LogP contribution in [0.3, 0.4) is 0 Å². The molecule has 1 aromatic heterocycles. The molecule has 0 bridgehead atoms. The molecule has 5 heteroatoms. The number of rotatable bonds is 6. The molecule has 0 aliphatic carbocycles. The lowest BCUT2D eigenvalue weighted by molar-refractivity contribution is -0.123. The Bertz CT molecular complexity index is 738. The van der Waals surface area contributed by atoms with E-state index in [-0.39, 0.29) is 23.7 Å². The number of hydrogen-bond acceptors (Lipinski definition) is 3. The molecule has 2 amide bonds. The lowest BCUT2D eigenvalue weighted by Crippen LogP contribution is -2.36. The zero-order chi connectivity index (χ0) is 17.7. The van der Waals surface area contributed by atoms with Crippen LogP contribution in [0.5, 0.6) is 0 Å². The van der Waals surface area contributed by atoms with Gasteiger partial charge >= 0.3 is 0 Å². The second-order valence-corrected chi connectivity index (χ2v) is 6.47. The fraction of sp³-hybridized carbons (Fsp3) is 0.421. The van der Waals surface area contributed by atoms with Gasteiger partial charge in [0.2, 0.25) is 5.91 Å². The molecule has 24 heavy (non-hydrogen) atoms. The molecule has 0 fully saturated rings. The van der Waals surface area contributed by atoms with Crippen LogP contribution >= 0.6 is 0 Å². The predicted octanol–water partition coefficient (Wildman–Crippen LogP) is 2.86. The average molecular weight is 327 g/mol. The van der Waals surface area contributed by atoms with E-state index in [1.807, 2.05) is 44.2 Å². The Kier molecular flexibility index (Phi) is 5.90. The van der Waals surface area contributed by atoms with Crippen molar-refractivity contribution in [3.8, 4) is 0 Å². The Labute approximate surface area is 142 Å². The van der Waals surface area contributed by atoms with Crippen LogP contribution in [0, 0.1) is 5.92 Å². The van der Waals surface area contributed by atoms with Gasteiger partial charge in [0.25, 0.3) is 5.91 Å². The van der Waals surface area contributed by atoms with Crippen LogP contribution in [0.25, 0.3) is 10.9 Å². The quantitative estimate of drug-likeness (QED) is 0.802. The Morgan fingerprint density at radius 1 is 1.04 bits per heavy atom. The van der Waals surface area contributed by atoms with Crippen LogP contribution in [0.1, 0.15) is 49.7 Å². The number of nitrogens with zero attached hydrogens (tertiary/aromatic N) is 1. The molecule has 0 atom stereocenters. The van der Waals surface area contributed by atoms with Crippen molar-refractivity contribution < 1.29 is 9.59 Å². The van der Waals surface area contributed by atoms with Gasteiger partial charge in [-0.1, -0.05) is 45.9 Å². The van der Waals surface area contributed by atoms with E-state index < -0.39 is 0 Å². The van der Waals surface area contributed by atoms with Crippen molar-refractivity contribution in [2.24, 2.45) is 5.92 Å². The molecule has 0 spiro atoms. The largest absolute Gasteiger partial charge is 0.354 e. The van der Waals surface area contributed by atoms with Gasteiger partial charge in [0, 0.05) is 30.1 Å². The van der Waals surface area contributed by atoms with Gasteiger partial charge < -0.3 is 10.6 Å². The van der Waals surface area contributed by atoms with Crippen molar-refractivity contribution in [2.45, 2.75) is 33.6 Å². The summed E-state index contributed by atoms with van der Waals surface area (Å²) in [7, 11) is 0. The maximum atomic E-state index is 12.6. The van der Waals surface area contributed by atoms with E-state index in [4.69, 9.17) is 0 Å². The summed E-state index contributed by atoms with van der Waals surface area (Å²) in [6.07, 6.45) is 0. The molecule has 2 aromatic rings. The van der Waals surface area contributed by atoms with Crippen LogP contribution in [0.4, 0.5) is 0 Å². The topological polar surface area (TPSA) is 71.1 Å². The summed E-state index contributed by atoms with van der Waals surface area (Å²) in [6.45, 7) is 8.60. The number of carbonyl (C=O) groups excluding carboxylic acids is 2. The number of nitrogens with one attached hydrogen (secondary N) is 2. The van der Waals surface area contributed by atoms with Gasteiger partial charge in [-0.15, -0.1) is 0 Å². The standard InChI is InChI=1S/C19H25N3O2/c1-12(2)17-11-15(14-7-5-6-8-16(14)22-17)19(24)21-10-9-20-18(23)13(3)4/h5-8,11-13H,9-10H2,1-4H3,(H,20,23)(H,21,24). The third-order valence-electron chi connectivity index (χ3n) is 3.81. The zero-order valence-corrected chi connectivity index (χ0v) is 14.7. The highest BCUT2D eigenvalue weighted by Crippen LogP contribution is 2.22. The highest BCUT2D eigenvalue weighted by Gasteiger charge is 2.14. The van der Waals surface area contributed by atoms with E-state index in [0.717, 1.165) is 16.6 Å². The SMILES string of the molecule is CC(C)C(=O)NCCNC(=O)c1cc(C(C)C)nc2ccccc12. The Balaban J connectivity index is 2.12. The average Bonchev–Trinajstić information content (AvgIpc) is 2.56. The number of pyridine rings is 1. The van der Waals surface area contributed by atoms with Crippen molar-refractivity contribution in [1.29, 1.82) is 0 Å². The summed E-state index contributed by atoms with van der Waals surface area (Å²) in [4.78, 5) is 28.7. The molecule has 0 unspecified atom stereocenters. The van der Waals surface area contributed by atoms with Crippen molar-refractivity contribution in [3.63, 3.8) is 0 Å². The second kappa shape index (κ2) is 7.90. The van der Waals surface area contributed by atoms with Gasteiger partial charge in [-0.05, 0) is 18.1 Å². The summed E-state index contributed by atoms with van der Waals surface area (Å²) in [5.41, 5.74) is 2.34. The van der Waals surface area contributed by atoms with E-state index in [2.05, 4.69) is 29.5 Å². The number of aromatic nitrogens is 1. The minimum absolute atomic E-state index is 0.0132. The van der Waals surface area contributed by atoms with Crippen molar-refractivity contribution in [3.05, 3.63) is 41.6 Å². The number of carbonyl (C=O) groups is 2. The highest BCUT2D eigenvalue weighted by molar-refractivity contribution is 6.06. The molecule has 0 saturated carbocycles. The van der Waals surface area contributed by atoms with E-state index in [1.54, 1.807) is 0 Å². The molecule has 128 valence electrons. The first-order valence-electron chi connectivity index (χ1n) is 8.35. The summed E-state index contributed by atoms with van der Waals surface area (Å²) in [5, 5.41) is 6.50. The molecule has 1 aromatic carbocycles. The molecular weight excluding hydrogens is 302 g/mol. The number of para-hydroxylation sites is 1. The number of fused-ring (bicyclic) bond motifs is 1. The molecule has 5 nitrogen and oxygen atoms in total.